The van der Waals surface area contributed by atoms with E-state index in [2.05, 4.69) is 112 Å². The normalized spacial score (nSPS) is 13.1. The molecule has 0 spiro atoms. The monoisotopic (exact) mass is 449 g/mol. The Bertz CT molecular complexity index is 1750. The summed E-state index contributed by atoms with van der Waals surface area (Å²) in [6, 6.07) is 16.8. The molecule has 0 fully saturated rings. The van der Waals surface area contributed by atoms with Crippen molar-refractivity contribution in [3.63, 3.8) is 0 Å². The number of hydrogen-bond acceptors (Lipinski definition) is 0. The Kier molecular flexibility index (Phi) is 4.12. The fraction of sp³-hybridized carbons (Fsp3) is 0.300. The number of benzene rings is 3. The van der Waals surface area contributed by atoms with Crippen LogP contribution in [-0.2, 0) is 7.05 Å². The first-order valence-electron chi connectivity index (χ1n) is 12.1. The van der Waals surface area contributed by atoms with Gasteiger partial charge in [-0.1, -0.05) is 56.9 Å². The highest BCUT2D eigenvalue weighted by Crippen LogP contribution is 2.42. The second-order valence-corrected chi connectivity index (χ2v) is 16.4. The van der Waals surface area contributed by atoms with Crippen LogP contribution in [0.2, 0.25) is 19.6 Å². The smallest absolute Gasteiger partial charge is 0.224 e. The number of rotatable bonds is 2. The van der Waals surface area contributed by atoms with Crippen molar-refractivity contribution >= 4 is 62.3 Å². The number of aromatic nitrogens is 2. The van der Waals surface area contributed by atoms with Crippen molar-refractivity contribution < 1.29 is 4.57 Å². The summed E-state index contributed by atoms with van der Waals surface area (Å²) >= 11 is 0. The largest absolute Gasteiger partial charge is 0.307 e. The summed E-state index contributed by atoms with van der Waals surface area (Å²) in [5.41, 5.74) is 9.58. The van der Waals surface area contributed by atoms with Crippen LogP contribution in [0.1, 0.15) is 36.5 Å². The van der Waals surface area contributed by atoms with E-state index in [9.17, 15) is 0 Å². The lowest BCUT2D eigenvalue weighted by Gasteiger charge is -2.20. The van der Waals surface area contributed by atoms with E-state index in [4.69, 9.17) is 0 Å². The molecular weight excluding hydrogens is 416 g/mol. The summed E-state index contributed by atoms with van der Waals surface area (Å²) < 4.78 is 4.93. The van der Waals surface area contributed by atoms with Crippen LogP contribution in [0.15, 0.2) is 48.7 Å². The number of fused-ring (bicyclic) bond motifs is 5. The van der Waals surface area contributed by atoms with Gasteiger partial charge in [-0.05, 0) is 60.0 Å². The third-order valence-corrected chi connectivity index (χ3v) is 9.84. The third kappa shape index (κ3) is 2.69. The molecule has 0 saturated heterocycles. The minimum Gasteiger partial charge on any atom is -0.307 e. The predicted molar refractivity (Wildman–Crippen MR) is 146 cm³/mol. The first-order chi connectivity index (χ1) is 15.6. The standard InChI is InChI=1S/C30H33N2Si/c1-17(2)20-9-10-23-24-13-18(3)19(4)27-29(24)32(25(23)15-20)26-16-22(33(6,7)8)14-21-11-12-31(5)30(27)28(21)26/h9-17H,1-8H3/q+1. The Labute approximate surface area is 196 Å². The van der Waals surface area contributed by atoms with Gasteiger partial charge in [0, 0.05) is 16.8 Å². The molecule has 0 bridgehead atoms. The van der Waals surface area contributed by atoms with Crippen LogP contribution < -0.4 is 9.75 Å². The van der Waals surface area contributed by atoms with Gasteiger partial charge in [-0.25, -0.2) is 4.57 Å². The molecular formula is C30H33N2Si+. The summed E-state index contributed by atoms with van der Waals surface area (Å²) in [5.74, 6) is 0.505. The third-order valence-electron chi connectivity index (χ3n) is 7.82. The van der Waals surface area contributed by atoms with Crippen molar-refractivity contribution in [1.29, 1.82) is 0 Å². The molecule has 33 heavy (non-hydrogen) atoms. The minimum absolute atomic E-state index is 0.505. The van der Waals surface area contributed by atoms with Gasteiger partial charge in [0.05, 0.1) is 35.4 Å². The average molecular weight is 450 g/mol. The molecule has 3 heterocycles. The molecule has 0 radical (unpaired) electrons. The molecule has 0 unspecified atom stereocenters. The molecule has 3 aromatic carbocycles. The van der Waals surface area contributed by atoms with Gasteiger partial charge >= 0.3 is 0 Å². The Morgan fingerprint density at radius 1 is 0.848 bits per heavy atom. The maximum atomic E-state index is 2.59. The predicted octanol–water partition coefficient (Wildman–Crippen LogP) is 7.10. The van der Waals surface area contributed by atoms with Gasteiger partial charge in [0.25, 0.3) is 0 Å². The molecule has 0 amide bonds. The van der Waals surface area contributed by atoms with E-state index in [0.717, 1.165) is 0 Å². The van der Waals surface area contributed by atoms with E-state index in [1.807, 2.05) is 0 Å². The lowest BCUT2D eigenvalue weighted by atomic mass is 9.96. The molecule has 6 aromatic rings. The van der Waals surface area contributed by atoms with Crippen molar-refractivity contribution in [1.82, 2.24) is 4.40 Å². The van der Waals surface area contributed by atoms with Crippen molar-refractivity contribution in [3.8, 4) is 0 Å². The van der Waals surface area contributed by atoms with Gasteiger partial charge in [0.15, 0.2) is 6.20 Å². The Morgan fingerprint density at radius 3 is 2.30 bits per heavy atom. The maximum Gasteiger partial charge on any atom is 0.224 e. The number of nitrogens with zero attached hydrogens (tertiary/aromatic N) is 2. The highest BCUT2D eigenvalue weighted by Gasteiger charge is 2.27. The van der Waals surface area contributed by atoms with Crippen molar-refractivity contribution in [3.05, 3.63) is 65.4 Å². The van der Waals surface area contributed by atoms with Crippen LogP contribution >= 0.6 is 0 Å². The average Bonchev–Trinajstić information content (AvgIpc) is 3.08. The van der Waals surface area contributed by atoms with E-state index in [1.54, 1.807) is 0 Å². The Morgan fingerprint density at radius 2 is 1.61 bits per heavy atom. The van der Waals surface area contributed by atoms with Crippen LogP contribution in [0, 0.1) is 13.8 Å². The summed E-state index contributed by atoms with van der Waals surface area (Å²) in [6.07, 6.45) is 2.25. The molecule has 2 nitrogen and oxygen atoms in total. The summed E-state index contributed by atoms with van der Waals surface area (Å²) in [4.78, 5) is 0. The molecule has 6 rings (SSSR count). The molecule has 3 heteroatoms. The van der Waals surface area contributed by atoms with Crippen LogP contribution in [-0.4, -0.2) is 12.5 Å². The highest BCUT2D eigenvalue weighted by atomic mass is 28.3. The second kappa shape index (κ2) is 6.57. The van der Waals surface area contributed by atoms with Crippen LogP contribution in [0.25, 0.3) is 49.0 Å². The van der Waals surface area contributed by atoms with Gasteiger partial charge in [-0.15, -0.1) is 0 Å². The zero-order valence-electron chi connectivity index (χ0n) is 21.1. The Hall–Kier alpha value is -2.91. The van der Waals surface area contributed by atoms with Crippen LogP contribution in [0.3, 0.4) is 0 Å². The van der Waals surface area contributed by atoms with Crippen LogP contribution in [0.4, 0.5) is 0 Å². The van der Waals surface area contributed by atoms with E-state index in [1.165, 1.54) is 70.9 Å². The highest BCUT2D eigenvalue weighted by molar-refractivity contribution is 6.89. The molecule has 0 aliphatic carbocycles. The number of hydrogen-bond donors (Lipinski definition) is 0. The van der Waals surface area contributed by atoms with Crippen molar-refractivity contribution in [2.24, 2.45) is 7.05 Å². The first-order valence-corrected chi connectivity index (χ1v) is 15.6. The molecule has 0 aliphatic rings. The summed E-state index contributed by atoms with van der Waals surface area (Å²) in [6.45, 7) is 16.5. The molecule has 0 N–H and O–H groups in total. The molecule has 0 saturated carbocycles. The first kappa shape index (κ1) is 20.7. The quantitative estimate of drug-likeness (QED) is 0.115. The lowest BCUT2D eigenvalue weighted by Crippen LogP contribution is -2.38. The molecule has 166 valence electrons. The van der Waals surface area contributed by atoms with Gasteiger partial charge in [-0.2, -0.15) is 0 Å². The lowest BCUT2D eigenvalue weighted by molar-refractivity contribution is -0.643. The molecule has 0 atom stereocenters. The maximum absolute atomic E-state index is 2.59. The van der Waals surface area contributed by atoms with E-state index in [-0.39, 0.29) is 0 Å². The fourth-order valence-corrected chi connectivity index (χ4v) is 6.87. The van der Waals surface area contributed by atoms with Gasteiger partial charge in [-0.3, -0.25) is 0 Å². The Balaban J connectivity index is 2.04. The summed E-state index contributed by atoms with van der Waals surface area (Å²) in [5, 5.41) is 8.40. The van der Waals surface area contributed by atoms with Gasteiger partial charge in [0.2, 0.25) is 5.52 Å². The molecule has 3 aromatic heterocycles. The summed E-state index contributed by atoms with van der Waals surface area (Å²) in [7, 11) is 0.706. The van der Waals surface area contributed by atoms with Crippen LogP contribution in [0.5, 0.6) is 0 Å². The zero-order valence-corrected chi connectivity index (χ0v) is 22.1. The van der Waals surface area contributed by atoms with E-state index in [0.29, 0.717) is 5.92 Å². The van der Waals surface area contributed by atoms with Crippen molar-refractivity contribution in [2.75, 3.05) is 0 Å². The second-order valence-electron chi connectivity index (χ2n) is 11.3. The van der Waals surface area contributed by atoms with E-state index < -0.39 is 8.07 Å². The van der Waals surface area contributed by atoms with Gasteiger partial charge in [0.1, 0.15) is 7.05 Å². The SMILES string of the molecule is Cc1cc2c3ccc(C(C)C)cc3n3c4cc([Si](C)(C)C)cc5cc[n+](C)c(c(c1C)c23)c54. The fourth-order valence-electron chi connectivity index (χ4n) is 5.71. The van der Waals surface area contributed by atoms with Gasteiger partial charge < -0.3 is 4.40 Å². The van der Waals surface area contributed by atoms with E-state index >= 15 is 0 Å². The minimum atomic E-state index is -1.50. The number of aryl methyl sites for hydroxylation is 3. The number of pyridine rings is 2. The molecule has 0 aliphatic heterocycles. The topological polar surface area (TPSA) is 8.29 Å². The van der Waals surface area contributed by atoms with Crippen molar-refractivity contribution in [2.45, 2.75) is 53.3 Å². The zero-order chi connectivity index (χ0) is 23.4.